The number of nitrogens with zero attached hydrogens (tertiary/aromatic N) is 21. The lowest BCUT2D eigenvalue weighted by molar-refractivity contribution is -0.0177. The molecule has 16 rings (SSSR count). The van der Waals surface area contributed by atoms with Gasteiger partial charge in [-0.25, -0.2) is 81.2 Å². The van der Waals surface area contributed by atoms with Gasteiger partial charge in [0.1, 0.15) is 158 Å². The molecule has 794 valence electrons. The van der Waals surface area contributed by atoms with E-state index >= 15 is 4.39 Å². The molecule has 0 spiro atoms. The molecule has 149 heavy (non-hydrogen) atoms. The second-order valence-electron chi connectivity index (χ2n) is 38.8. The summed E-state index contributed by atoms with van der Waals surface area (Å²) in [6.07, 6.45) is -2.13. The van der Waals surface area contributed by atoms with Crippen molar-refractivity contribution in [3.8, 4) is 81.3 Å². The number of alkyl halides is 3. The lowest BCUT2D eigenvalue weighted by atomic mass is 9.78. The molecule has 0 saturated carbocycles. The molecule has 0 bridgehead atoms. The number of ether oxygens (including phenoxy) is 7. The smallest absolute Gasteiger partial charge is 0.486 e. The van der Waals surface area contributed by atoms with Gasteiger partial charge in [-0.05, 0) is 223 Å². The number of carbonyl (C=O) groups is 3. The van der Waals surface area contributed by atoms with Gasteiger partial charge in [0.25, 0.3) is 0 Å². The predicted octanol–water partition coefficient (Wildman–Crippen LogP) is 15.8. The fourth-order valence-corrected chi connectivity index (χ4v) is 15.4. The SMILES string of the molecule is CC(C)(C)OC(=O)N1CC[C@H](O)[C@H](F)C1.CC(C)(C)OC(=O)N1CC[C@H](Oc2ccc(-c3cc(N)ncn3)cc2C#N)[C@H](F)C1.CC1(C)OB(c2ccc(F)c(C#N)c2)OC1(C)C.COc1nc(Br)ccc1N1CCN(C)CC1.COc1nc(Nc2cc(-c3ccc(O[C@H]4CCN(C(=O)OC(C)(C)C)C[C@H]4F)c(C#N)c3)ncn2)ccc1N1CCN(C)CC1.Cl.N#Cc1cc(-c2cc(N)ncn2)ccc1F.Nc1cc(Cl)ncn1. The molecule has 6 atom stereocenters. The van der Waals surface area contributed by atoms with Crippen molar-refractivity contribution in [2.75, 3.05) is 152 Å². The van der Waals surface area contributed by atoms with E-state index in [0.29, 0.717) is 98.3 Å². The molecule has 0 radical (unpaired) electrons. The Hall–Kier alpha value is -14.2. The number of aromatic nitrogens is 10. The van der Waals surface area contributed by atoms with Crippen LogP contribution in [-0.2, 0) is 23.5 Å². The number of amides is 3. The van der Waals surface area contributed by atoms with Crippen molar-refractivity contribution >= 4 is 111 Å². The van der Waals surface area contributed by atoms with E-state index in [1.54, 1.807) is 143 Å². The molecule has 3 amide bonds. The maximum absolute atomic E-state index is 15.1. The van der Waals surface area contributed by atoms with Gasteiger partial charge in [0.2, 0.25) is 11.8 Å². The molecule has 8 N–H and O–H groups in total. The molecular weight excluding hydrogens is 2040 g/mol. The highest BCUT2D eigenvalue weighted by Crippen LogP contribution is 2.39. The number of likely N-dealkylation sites (N-methyl/N-ethyl adjacent to an activating group) is 2. The second kappa shape index (κ2) is 53.6. The van der Waals surface area contributed by atoms with Gasteiger partial charge in [0.15, 0.2) is 12.3 Å². The van der Waals surface area contributed by atoms with Gasteiger partial charge in [-0.2, -0.15) is 26.0 Å². The average molecular weight is 2160 g/mol. The number of benzene rings is 4. The van der Waals surface area contributed by atoms with Gasteiger partial charge in [-0.3, -0.25) is 0 Å². The molecule has 0 aliphatic carbocycles. The molecule has 6 saturated heterocycles. The molecule has 6 aliphatic rings. The maximum Gasteiger partial charge on any atom is 0.494 e. The summed E-state index contributed by atoms with van der Waals surface area (Å²) in [5.74, 6) is 2.80. The number of hydrogen-bond acceptors (Lipinski definition) is 35. The van der Waals surface area contributed by atoms with E-state index in [4.69, 9.17) is 86.9 Å². The van der Waals surface area contributed by atoms with E-state index in [0.717, 1.165) is 68.3 Å². The van der Waals surface area contributed by atoms with E-state index in [1.165, 1.54) is 76.4 Å². The number of pyridine rings is 2. The van der Waals surface area contributed by atoms with E-state index in [9.17, 15) is 42.5 Å². The van der Waals surface area contributed by atoms with Crippen LogP contribution in [0.5, 0.6) is 23.3 Å². The van der Waals surface area contributed by atoms with Crippen molar-refractivity contribution in [3.05, 3.63) is 190 Å². The average Bonchev–Trinajstić information content (AvgIpc) is 1.63. The van der Waals surface area contributed by atoms with Crippen molar-refractivity contribution in [2.45, 2.75) is 174 Å². The number of methoxy groups -OCH3 is 2. The van der Waals surface area contributed by atoms with Crippen LogP contribution in [0.15, 0.2) is 151 Å². The minimum atomic E-state index is -1.43. The van der Waals surface area contributed by atoms with E-state index in [-0.39, 0.29) is 91.6 Å². The van der Waals surface area contributed by atoms with Gasteiger partial charge < -0.3 is 104 Å². The zero-order chi connectivity index (χ0) is 108. The van der Waals surface area contributed by atoms with Crippen LogP contribution in [0.4, 0.5) is 76.8 Å². The number of anilines is 7. The topological polar surface area (TPSA) is 491 Å². The highest BCUT2D eigenvalue weighted by atomic mass is 79.9. The Morgan fingerprint density at radius 2 is 0.852 bits per heavy atom. The number of carbonyl (C=O) groups excluding carboxylic acids is 3. The second-order valence-corrected chi connectivity index (χ2v) is 40.0. The molecule has 6 fully saturated rings. The molecule has 47 heteroatoms. The normalized spacial score (nSPS) is 18.3. The number of aliphatic hydroxyl groups is 1. The summed E-state index contributed by atoms with van der Waals surface area (Å²) in [5, 5.41) is 49.6. The third kappa shape index (κ3) is 35.3. The van der Waals surface area contributed by atoms with E-state index < -0.39 is 102 Å². The van der Waals surface area contributed by atoms with Gasteiger partial charge in [-0.1, -0.05) is 17.7 Å². The molecule has 4 aromatic carbocycles. The molecule has 10 aromatic rings. The first-order valence-electron chi connectivity index (χ1n) is 47.3. The quantitative estimate of drug-likeness (QED) is 0.0222. The summed E-state index contributed by atoms with van der Waals surface area (Å²) in [7, 11) is 6.96. The predicted molar refractivity (Wildman–Crippen MR) is 560 cm³/mol. The Bertz CT molecular complexity index is 6350. The monoisotopic (exact) mass is 2160 g/mol. The number of nitriles is 4. The standard InChI is InChI=1S/C32H39FN8O4.C21H24FN5O3.C13H15BFNO2.C11H16BrN3O.C11H7FN4.C10H18FNO3.C4H4ClN3.ClH/c1-32(2,3)45-31(42)41-11-10-27(23(33)19-41)44-26-8-6-21(16-22(26)18-34)24-17-29(36-20-35-24)37-28-9-7-25(30(38-28)43-5)40-14-12-39(4)13-15-40;1-21(2,3)30-20(28)27-7-6-18(15(22)11-27)29-17-5-4-13(8-14(17)10-23)16-9-19(24)26-12-25-16;1-12(2)13(3,4)18-14(17-12)10-5-6-11(15)9(7-10)8-16;1-14-5-7-15(8-6-14)9-3-4-10(12)13-11(9)16-2;12-9-2-1-7(3-8(9)5-13)10-4-11(14)16-6-15-10;1-10(2,3)15-9(14)12-5-4-8(13)7(11)6-12;5-3-1-4(6)8-2-7-3;/h6-9,16-17,20,23,27H,10-15,19H2,1-5H3,(H,35,36,37,38);4-5,8-9,12,15,18H,6-7,11H2,1-3H3,(H2,24,25,26);5-7H,1-4H3;3-4H,5-8H2,1-2H3;1-4,6H,(H2,14,15,16);7-8,13H,4-6H2,1-3H3;1-2H,(H2,6,7,8);1H/t23-,27+;15-,18+;;;;7-,8+;;/m11...1../s1. The summed E-state index contributed by atoms with van der Waals surface area (Å²) >= 11 is 8.77. The number of aliphatic hydroxyl groups excluding tert-OH is 1. The number of nitrogens with one attached hydrogen (secondary N) is 1. The van der Waals surface area contributed by atoms with Crippen molar-refractivity contribution in [2.24, 2.45) is 0 Å². The lowest BCUT2D eigenvalue weighted by Gasteiger charge is -2.35. The number of halogens is 8. The fraction of sp³-hybridized carbons (Fsp3) is 0.441. The van der Waals surface area contributed by atoms with E-state index in [1.807, 2.05) is 52.0 Å². The third-order valence-electron chi connectivity index (χ3n) is 23.5. The Kier molecular flexibility index (Phi) is 42.6. The van der Waals surface area contributed by atoms with Crippen LogP contribution in [0.2, 0.25) is 5.15 Å². The molecule has 38 nitrogen and oxygen atoms in total. The van der Waals surface area contributed by atoms with Gasteiger partial charge in [-0.15, -0.1) is 12.4 Å². The van der Waals surface area contributed by atoms with Crippen molar-refractivity contribution in [3.63, 3.8) is 0 Å². The lowest BCUT2D eigenvalue weighted by Crippen LogP contribution is -2.50. The van der Waals surface area contributed by atoms with Crippen LogP contribution < -0.4 is 56.7 Å². The van der Waals surface area contributed by atoms with Crippen LogP contribution in [0, 0.1) is 57.0 Å². The number of likely N-dealkylation sites (tertiary alicyclic amines) is 3. The van der Waals surface area contributed by atoms with Crippen LogP contribution in [0.1, 0.15) is 132 Å². The summed E-state index contributed by atoms with van der Waals surface area (Å²) in [4.78, 5) is 89.9. The Morgan fingerprint density at radius 3 is 1.25 bits per heavy atom. The summed E-state index contributed by atoms with van der Waals surface area (Å²) in [6.45, 7) is 32.2. The molecular formula is C102H124BBrCl2F5N25O13. The minimum absolute atomic E-state index is 0. The number of nitrogen functional groups attached to an aromatic ring is 3. The zero-order valence-electron chi connectivity index (χ0n) is 85.9. The fourth-order valence-electron chi connectivity index (χ4n) is 14.9. The Balaban J connectivity index is 0.000000206. The Labute approximate surface area is 883 Å². The maximum atomic E-state index is 15.1. The van der Waals surface area contributed by atoms with Crippen molar-refractivity contribution in [1.29, 1.82) is 21.0 Å². The van der Waals surface area contributed by atoms with E-state index in [2.05, 4.69) is 123 Å². The van der Waals surface area contributed by atoms with Crippen LogP contribution >= 0.6 is 39.9 Å². The van der Waals surface area contributed by atoms with Crippen molar-refractivity contribution in [1.82, 2.24) is 74.3 Å². The number of piperazine rings is 2. The van der Waals surface area contributed by atoms with Crippen LogP contribution in [0.25, 0.3) is 33.8 Å². The highest BCUT2D eigenvalue weighted by molar-refractivity contribution is 9.10. The number of hydrogen-bond donors (Lipinski definition) is 5. The van der Waals surface area contributed by atoms with Crippen LogP contribution in [0.3, 0.4) is 0 Å². The van der Waals surface area contributed by atoms with Gasteiger partial charge in [0.05, 0.1) is 90.5 Å². The van der Waals surface area contributed by atoms with Gasteiger partial charge in [0, 0.05) is 126 Å². The first kappa shape index (κ1) is 118. The minimum Gasteiger partial charge on any atom is -0.486 e. The Morgan fingerprint density at radius 1 is 0.477 bits per heavy atom. The zero-order valence-corrected chi connectivity index (χ0v) is 89.1. The first-order valence-corrected chi connectivity index (χ1v) is 48.4. The van der Waals surface area contributed by atoms with Gasteiger partial charge >= 0.3 is 25.4 Å². The first-order chi connectivity index (χ1) is 69.9. The third-order valence-corrected chi connectivity index (χ3v) is 24.1. The summed E-state index contributed by atoms with van der Waals surface area (Å²) in [5.41, 5.74) is 20.5. The number of piperidine rings is 3. The summed E-state index contributed by atoms with van der Waals surface area (Å²) < 4.78 is 120. The highest BCUT2D eigenvalue weighted by Gasteiger charge is 2.52. The molecule has 6 aliphatic heterocycles. The summed E-state index contributed by atoms with van der Waals surface area (Å²) in [6, 6.07) is 40.6. The number of nitrogens with two attached hydrogens (primary N) is 3. The number of rotatable bonds is 14. The van der Waals surface area contributed by atoms with Crippen molar-refractivity contribution < 1.29 is 83.9 Å². The molecule has 0 unspecified atom stereocenters. The largest absolute Gasteiger partial charge is 0.494 e. The van der Waals surface area contributed by atoms with Crippen LogP contribution in [-0.4, -0.2) is 290 Å². The molecule has 6 aromatic heterocycles. The molecule has 12 heterocycles.